The maximum atomic E-state index is 12.7. The number of nitrogens with one attached hydrogen (secondary N) is 2. The van der Waals surface area contributed by atoms with Crippen molar-refractivity contribution in [1.82, 2.24) is 10.6 Å². The number of aliphatic imine (C=N–C) groups is 1. The van der Waals surface area contributed by atoms with E-state index < -0.39 is 6.61 Å². The van der Waals surface area contributed by atoms with E-state index in [1.807, 2.05) is 35.2 Å². The fourth-order valence-electron chi connectivity index (χ4n) is 3.43. The molecule has 3 rings (SSSR count). The monoisotopic (exact) mass is 532 g/mol. The number of ether oxygens (including phenoxy) is 2. The van der Waals surface area contributed by atoms with Crippen LogP contribution >= 0.6 is 24.0 Å². The van der Waals surface area contributed by atoms with Crippen LogP contribution in [0.3, 0.4) is 0 Å². The second kappa shape index (κ2) is 11.8. The number of alkyl halides is 2. The second-order valence-corrected chi connectivity index (χ2v) is 6.66. The molecule has 0 saturated carbocycles. The van der Waals surface area contributed by atoms with Crippen molar-refractivity contribution in [2.45, 2.75) is 25.6 Å². The predicted molar refractivity (Wildman–Crippen MR) is 125 cm³/mol. The van der Waals surface area contributed by atoms with Crippen molar-refractivity contribution < 1.29 is 18.3 Å². The summed E-state index contributed by atoms with van der Waals surface area (Å²) in [5.41, 5.74) is 1.71. The van der Waals surface area contributed by atoms with Gasteiger partial charge in [0.15, 0.2) is 5.96 Å². The molecule has 0 bridgehead atoms. The van der Waals surface area contributed by atoms with Gasteiger partial charge in [-0.25, -0.2) is 0 Å². The first kappa shape index (κ1) is 24.0. The first-order valence-electron chi connectivity index (χ1n) is 9.48. The van der Waals surface area contributed by atoms with Gasteiger partial charge in [-0.15, -0.1) is 24.0 Å². The number of anilines is 1. The molecule has 1 heterocycles. The number of guanidine groups is 1. The van der Waals surface area contributed by atoms with E-state index in [-0.39, 0.29) is 35.8 Å². The van der Waals surface area contributed by atoms with Crippen molar-refractivity contribution in [3.05, 3.63) is 54.1 Å². The standard InChI is InChI=1S/C21H26F2N4O2.HI/c1-24-21(25-13-15-7-3-5-9-18(15)28-2)26-16-11-12-27(14-16)17-8-4-6-10-19(17)29-20(22)23;/h3-10,16,20H,11-14H2,1-2H3,(H2,24,25,26);1H. The molecule has 1 aliphatic rings. The Morgan fingerprint density at radius 2 is 1.87 bits per heavy atom. The van der Waals surface area contributed by atoms with Gasteiger partial charge in [0.1, 0.15) is 11.5 Å². The normalized spacial score (nSPS) is 16.2. The highest BCUT2D eigenvalue weighted by atomic mass is 127. The molecule has 1 fully saturated rings. The molecule has 9 heteroatoms. The molecule has 1 aliphatic heterocycles. The Bertz CT molecular complexity index is 838. The van der Waals surface area contributed by atoms with E-state index in [1.165, 1.54) is 0 Å². The highest BCUT2D eigenvalue weighted by Gasteiger charge is 2.26. The van der Waals surface area contributed by atoms with E-state index in [2.05, 4.69) is 20.4 Å². The van der Waals surface area contributed by atoms with Crippen LogP contribution in [0.2, 0.25) is 0 Å². The zero-order valence-corrected chi connectivity index (χ0v) is 19.3. The van der Waals surface area contributed by atoms with Crippen LogP contribution in [0.1, 0.15) is 12.0 Å². The molecule has 2 N–H and O–H groups in total. The SMILES string of the molecule is CN=C(NCc1ccccc1OC)NC1CCN(c2ccccc2OC(F)F)C1.I. The van der Waals surface area contributed by atoms with Gasteiger partial charge in [-0.3, -0.25) is 4.99 Å². The Morgan fingerprint density at radius 1 is 1.17 bits per heavy atom. The lowest BCUT2D eigenvalue weighted by atomic mass is 10.2. The van der Waals surface area contributed by atoms with Crippen molar-refractivity contribution in [2.24, 2.45) is 4.99 Å². The van der Waals surface area contributed by atoms with E-state index >= 15 is 0 Å². The first-order chi connectivity index (χ1) is 14.1. The van der Waals surface area contributed by atoms with Gasteiger partial charge >= 0.3 is 6.61 Å². The van der Waals surface area contributed by atoms with Gasteiger partial charge in [0.25, 0.3) is 0 Å². The topological polar surface area (TPSA) is 58.1 Å². The molecule has 1 atom stereocenters. The lowest BCUT2D eigenvalue weighted by Gasteiger charge is -2.22. The summed E-state index contributed by atoms with van der Waals surface area (Å²) in [6.45, 7) is -0.861. The molecule has 6 nitrogen and oxygen atoms in total. The van der Waals surface area contributed by atoms with Gasteiger partial charge < -0.3 is 25.0 Å². The Hall–Kier alpha value is -2.30. The average Bonchev–Trinajstić information content (AvgIpc) is 3.19. The van der Waals surface area contributed by atoms with Gasteiger partial charge in [0, 0.05) is 38.3 Å². The van der Waals surface area contributed by atoms with E-state index in [0.29, 0.717) is 24.7 Å². The van der Waals surface area contributed by atoms with E-state index in [4.69, 9.17) is 4.74 Å². The summed E-state index contributed by atoms with van der Waals surface area (Å²) < 4.78 is 35.4. The van der Waals surface area contributed by atoms with Gasteiger partial charge in [0.05, 0.1) is 12.8 Å². The van der Waals surface area contributed by atoms with E-state index in [1.54, 1.807) is 32.4 Å². The Morgan fingerprint density at radius 3 is 2.57 bits per heavy atom. The molecule has 164 valence electrons. The van der Waals surface area contributed by atoms with Gasteiger partial charge in [0.2, 0.25) is 0 Å². The number of hydrogen-bond acceptors (Lipinski definition) is 4. The zero-order chi connectivity index (χ0) is 20.6. The summed E-state index contributed by atoms with van der Waals surface area (Å²) in [5.74, 6) is 1.69. The van der Waals surface area contributed by atoms with E-state index in [0.717, 1.165) is 24.3 Å². The molecule has 2 aromatic rings. The fraction of sp³-hybridized carbons (Fsp3) is 0.381. The summed E-state index contributed by atoms with van der Waals surface area (Å²) in [7, 11) is 3.37. The Kier molecular flexibility index (Phi) is 9.41. The Balaban J connectivity index is 0.00000320. The molecule has 0 aliphatic carbocycles. The largest absolute Gasteiger partial charge is 0.496 e. The summed E-state index contributed by atoms with van der Waals surface area (Å²) >= 11 is 0. The van der Waals surface area contributed by atoms with Crippen LogP contribution < -0.4 is 25.0 Å². The summed E-state index contributed by atoms with van der Waals surface area (Å²) in [5, 5.41) is 6.70. The van der Waals surface area contributed by atoms with Crippen LogP contribution in [0.5, 0.6) is 11.5 Å². The summed E-state index contributed by atoms with van der Waals surface area (Å²) in [6, 6.07) is 14.8. The predicted octanol–water partition coefficient (Wildman–Crippen LogP) is 3.86. The third kappa shape index (κ3) is 6.35. The maximum Gasteiger partial charge on any atom is 0.387 e. The summed E-state index contributed by atoms with van der Waals surface area (Å²) in [6.07, 6.45) is 0.859. The van der Waals surface area contributed by atoms with Crippen molar-refractivity contribution in [3.8, 4) is 11.5 Å². The third-order valence-electron chi connectivity index (χ3n) is 4.81. The molecular formula is C21H27F2IN4O2. The fourth-order valence-corrected chi connectivity index (χ4v) is 3.43. The number of nitrogens with zero attached hydrogens (tertiary/aromatic N) is 2. The number of benzene rings is 2. The molecule has 0 amide bonds. The van der Waals surface area contributed by atoms with E-state index in [9.17, 15) is 8.78 Å². The van der Waals surface area contributed by atoms with Crippen molar-refractivity contribution in [1.29, 1.82) is 0 Å². The first-order valence-corrected chi connectivity index (χ1v) is 9.48. The number of methoxy groups -OCH3 is 1. The zero-order valence-electron chi connectivity index (χ0n) is 17.0. The van der Waals surface area contributed by atoms with Crippen molar-refractivity contribution in [2.75, 3.05) is 32.1 Å². The second-order valence-electron chi connectivity index (χ2n) is 6.66. The van der Waals surface area contributed by atoms with Gasteiger partial charge in [-0.2, -0.15) is 8.78 Å². The molecule has 0 aromatic heterocycles. The highest BCUT2D eigenvalue weighted by molar-refractivity contribution is 14.0. The van der Waals surface area contributed by atoms with Crippen LogP contribution in [0, 0.1) is 0 Å². The van der Waals surface area contributed by atoms with Crippen LogP contribution in [-0.4, -0.2) is 45.9 Å². The lowest BCUT2D eigenvalue weighted by Crippen LogP contribution is -2.44. The number of halogens is 3. The third-order valence-corrected chi connectivity index (χ3v) is 4.81. The molecule has 1 unspecified atom stereocenters. The van der Waals surface area contributed by atoms with Crippen molar-refractivity contribution >= 4 is 35.6 Å². The molecule has 2 aromatic carbocycles. The maximum absolute atomic E-state index is 12.7. The minimum Gasteiger partial charge on any atom is -0.496 e. The quantitative estimate of drug-likeness (QED) is 0.323. The molecular weight excluding hydrogens is 505 g/mol. The number of para-hydroxylation sites is 3. The lowest BCUT2D eigenvalue weighted by molar-refractivity contribution is -0.0495. The number of hydrogen-bond donors (Lipinski definition) is 2. The molecule has 1 saturated heterocycles. The summed E-state index contributed by atoms with van der Waals surface area (Å²) in [4.78, 5) is 6.33. The van der Waals surface area contributed by atoms with Gasteiger partial charge in [-0.05, 0) is 24.6 Å². The molecule has 30 heavy (non-hydrogen) atoms. The van der Waals surface area contributed by atoms with Crippen LogP contribution in [-0.2, 0) is 6.54 Å². The van der Waals surface area contributed by atoms with Crippen LogP contribution in [0.15, 0.2) is 53.5 Å². The molecule has 0 spiro atoms. The van der Waals surface area contributed by atoms with Crippen LogP contribution in [0.25, 0.3) is 0 Å². The Labute approximate surface area is 192 Å². The highest BCUT2D eigenvalue weighted by Crippen LogP contribution is 2.31. The average molecular weight is 532 g/mol. The van der Waals surface area contributed by atoms with Crippen molar-refractivity contribution in [3.63, 3.8) is 0 Å². The molecule has 0 radical (unpaired) electrons. The minimum absolute atomic E-state index is 0. The van der Waals surface area contributed by atoms with Gasteiger partial charge in [-0.1, -0.05) is 30.3 Å². The smallest absolute Gasteiger partial charge is 0.387 e. The minimum atomic E-state index is -2.84. The van der Waals surface area contributed by atoms with Crippen LogP contribution in [0.4, 0.5) is 14.5 Å². The number of rotatable bonds is 7.